The predicted octanol–water partition coefficient (Wildman–Crippen LogP) is 2.86. The second-order valence-electron chi connectivity index (χ2n) is 4.73. The van der Waals surface area contributed by atoms with E-state index in [0.717, 1.165) is 10.4 Å². The van der Waals surface area contributed by atoms with Gasteiger partial charge in [0.1, 0.15) is 0 Å². The summed E-state index contributed by atoms with van der Waals surface area (Å²) in [6.07, 6.45) is 0. The topological polar surface area (TPSA) is 55.1 Å². The SMILES string of the molecule is Cc1ccc(C(C)NC(=O)c2ccc(C#CCN)cc2)s1. The minimum absolute atomic E-state index is 0.00732. The van der Waals surface area contributed by atoms with Crippen molar-refractivity contribution in [3.05, 3.63) is 57.3 Å². The van der Waals surface area contributed by atoms with Crippen LogP contribution in [0.15, 0.2) is 36.4 Å². The Labute approximate surface area is 129 Å². The summed E-state index contributed by atoms with van der Waals surface area (Å²) < 4.78 is 0. The second-order valence-corrected chi connectivity index (χ2v) is 6.05. The molecule has 21 heavy (non-hydrogen) atoms. The van der Waals surface area contributed by atoms with Crippen molar-refractivity contribution >= 4 is 17.2 Å². The summed E-state index contributed by atoms with van der Waals surface area (Å²) >= 11 is 1.70. The lowest BCUT2D eigenvalue weighted by Crippen LogP contribution is -2.26. The number of hydrogen-bond donors (Lipinski definition) is 2. The molecule has 2 aromatic rings. The van der Waals surface area contributed by atoms with E-state index in [4.69, 9.17) is 5.73 Å². The highest BCUT2D eigenvalue weighted by Crippen LogP contribution is 2.22. The van der Waals surface area contributed by atoms with Crippen LogP contribution in [0.2, 0.25) is 0 Å². The summed E-state index contributed by atoms with van der Waals surface area (Å²) in [4.78, 5) is 14.6. The van der Waals surface area contributed by atoms with Crippen molar-refractivity contribution in [3.8, 4) is 11.8 Å². The quantitative estimate of drug-likeness (QED) is 0.856. The molecule has 1 atom stereocenters. The minimum Gasteiger partial charge on any atom is -0.345 e. The van der Waals surface area contributed by atoms with Crippen molar-refractivity contribution in [2.45, 2.75) is 19.9 Å². The number of nitrogens with two attached hydrogens (primary N) is 1. The molecule has 1 aromatic carbocycles. The van der Waals surface area contributed by atoms with Gasteiger partial charge in [-0.25, -0.2) is 0 Å². The lowest BCUT2D eigenvalue weighted by Gasteiger charge is -2.12. The fraction of sp³-hybridized carbons (Fsp3) is 0.235. The van der Waals surface area contributed by atoms with Gasteiger partial charge < -0.3 is 11.1 Å². The van der Waals surface area contributed by atoms with Crippen molar-refractivity contribution in [1.82, 2.24) is 5.32 Å². The lowest BCUT2D eigenvalue weighted by atomic mass is 10.1. The van der Waals surface area contributed by atoms with E-state index in [1.54, 1.807) is 23.5 Å². The van der Waals surface area contributed by atoms with Crippen LogP contribution in [-0.4, -0.2) is 12.5 Å². The van der Waals surface area contributed by atoms with E-state index in [0.29, 0.717) is 12.1 Å². The van der Waals surface area contributed by atoms with Crippen molar-refractivity contribution in [2.24, 2.45) is 5.73 Å². The van der Waals surface area contributed by atoms with Gasteiger partial charge in [0.05, 0.1) is 12.6 Å². The summed E-state index contributed by atoms with van der Waals surface area (Å²) in [5.41, 5.74) is 6.82. The first-order valence-electron chi connectivity index (χ1n) is 6.76. The summed E-state index contributed by atoms with van der Waals surface area (Å²) in [5.74, 6) is 5.65. The molecular formula is C17H18N2OS. The van der Waals surface area contributed by atoms with Crippen LogP contribution in [0.25, 0.3) is 0 Å². The van der Waals surface area contributed by atoms with Crippen LogP contribution in [-0.2, 0) is 0 Å². The molecule has 3 N–H and O–H groups in total. The molecule has 0 aliphatic heterocycles. The van der Waals surface area contributed by atoms with E-state index in [-0.39, 0.29) is 11.9 Å². The van der Waals surface area contributed by atoms with Gasteiger partial charge >= 0.3 is 0 Å². The highest BCUT2D eigenvalue weighted by molar-refractivity contribution is 7.12. The molecule has 1 aromatic heterocycles. The Hall–Kier alpha value is -2.09. The number of carbonyl (C=O) groups excluding carboxylic acids is 1. The number of nitrogens with one attached hydrogen (secondary N) is 1. The van der Waals surface area contributed by atoms with Crippen molar-refractivity contribution in [3.63, 3.8) is 0 Å². The summed E-state index contributed by atoms with van der Waals surface area (Å²) in [6.45, 7) is 4.38. The standard InChI is InChI=1S/C17H18N2OS/c1-12-5-10-16(21-12)13(2)19-17(20)15-8-6-14(7-9-15)4-3-11-18/h5-10,13H,11,18H2,1-2H3,(H,19,20). The molecule has 0 aliphatic rings. The maximum Gasteiger partial charge on any atom is 0.251 e. The zero-order valence-electron chi connectivity index (χ0n) is 12.1. The molecule has 0 saturated heterocycles. The van der Waals surface area contributed by atoms with Gasteiger partial charge in [-0.05, 0) is 50.2 Å². The number of amides is 1. The average molecular weight is 298 g/mol. The number of benzene rings is 1. The predicted molar refractivity (Wildman–Crippen MR) is 87.3 cm³/mol. The zero-order chi connectivity index (χ0) is 15.2. The van der Waals surface area contributed by atoms with Gasteiger partial charge in [-0.2, -0.15) is 0 Å². The molecule has 0 spiro atoms. The first-order chi connectivity index (χ1) is 10.1. The third kappa shape index (κ3) is 4.19. The van der Waals surface area contributed by atoms with Crippen LogP contribution < -0.4 is 11.1 Å². The van der Waals surface area contributed by atoms with E-state index in [1.807, 2.05) is 19.1 Å². The Morgan fingerprint density at radius 3 is 2.57 bits per heavy atom. The Kier molecular flexibility index (Phi) is 5.15. The number of hydrogen-bond acceptors (Lipinski definition) is 3. The minimum atomic E-state index is -0.0770. The molecule has 0 radical (unpaired) electrons. The molecule has 0 aliphatic carbocycles. The van der Waals surface area contributed by atoms with Gasteiger partial charge in [0.25, 0.3) is 5.91 Å². The Bertz CT molecular complexity index is 677. The fourth-order valence-corrected chi connectivity index (χ4v) is 2.77. The number of thiophene rings is 1. The van der Waals surface area contributed by atoms with Crippen LogP contribution >= 0.6 is 11.3 Å². The second kappa shape index (κ2) is 7.07. The molecule has 1 amide bonds. The smallest absolute Gasteiger partial charge is 0.251 e. The van der Waals surface area contributed by atoms with Crippen molar-refractivity contribution in [2.75, 3.05) is 6.54 Å². The van der Waals surface area contributed by atoms with Crippen LogP contribution in [0.4, 0.5) is 0 Å². The average Bonchev–Trinajstić information content (AvgIpc) is 2.92. The van der Waals surface area contributed by atoms with Gasteiger partial charge in [0, 0.05) is 20.9 Å². The maximum atomic E-state index is 12.2. The Morgan fingerprint density at radius 1 is 1.29 bits per heavy atom. The summed E-state index contributed by atoms with van der Waals surface area (Å²) in [7, 11) is 0. The fourth-order valence-electron chi connectivity index (χ4n) is 1.90. The third-order valence-corrected chi connectivity index (χ3v) is 4.20. The molecule has 0 fully saturated rings. The summed E-state index contributed by atoms with van der Waals surface area (Å²) in [6, 6.07) is 11.3. The van der Waals surface area contributed by atoms with Gasteiger partial charge in [0.2, 0.25) is 0 Å². The zero-order valence-corrected chi connectivity index (χ0v) is 13.0. The number of carbonyl (C=O) groups is 1. The van der Waals surface area contributed by atoms with E-state index in [2.05, 4.69) is 36.2 Å². The van der Waals surface area contributed by atoms with Crippen LogP contribution in [0.1, 0.15) is 38.6 Å². The summed E-state index contributed by atoms with van der Waals surface area (Å²) in [5, 5.41) is 3.00. The molecule has 1 heterocycles. The number of aryl methyl sites for hydroxylation is 1. The first-order valence-corrected chi connectivity index (χ1v) is 7.58. The molecule has 0 bridgehead atoms. The molecule has 3 nitrogen and oxygen atoms in total. The van der Waals surface area contributed by atoms with Crippen molar-refractivity contribution < 1.29 is 4.79 Å². The largest absolute Gasteiger partial charge is 0.345 e. The molecule has 2 rings (SSSR count). The molecule has 1 unspecified atom stereocenters. The first kappa shape index (κ1) is 15.3. The molecule has 4 heteroatoms. The van der Waals surface area contributed by atoms with Crippen molar-refractivity contribution in [1.29, 1.82) is 0 Å². The van der Waals surface area contributed by atoms with Crippen LogP contribution in [0, 0.1) is 18.8 Å². The highest BCUT2D eigenvalue weighted by Gasteiger charge is 2.12. The monoisotopic (exact) mass is 298 g/mol. The Balaban J connectivity index is 2.03. The lowest BCUT2D eigenvalue weighted by molar-refractivity contribution is 0.0940. The normalized spacial score (nSPS) is 11.4. The Morgan fingerprint density at radius 2 is 2.00 bits per heavy atom. The van der Waals surface area contributed by atoms with E-state index in [1.165, 1.54) is 4.88 Å². The van der Waals surface area contributed by atoms with E-state index < -0.39 is 0 Å². The van der Waals surface area contributed by atoms with Gasteiger partial charge in [0.15, 0.2) is 0 Å². The molecular weight excluding hydrogens is 280 g/mol. The maximum absolute atomic E-state index is 12.2. The van der Waals surface area contributed by atoms with Gasteiger partial charge in [-0.15, -0.1) is 11.3 Å². The van der Waals surface area contributed by atoms with Crippen LogP contribution in [0.5, 0.6) is 0 Å². The van der Waals surface area contributed by atoms with Gasteiger partial charge in [-0.1, -0.05) is 11.8 Å². The van der Waals surface area contributed by atoms with Gasteiger partial charge in [-0.3, -0.25) is 4.79 Å². The third-order valence-electron chi connectivity index (χ3n) is 3.02. The van der Waals surface area contributed by atoms with Crippen LogP contribution in [0.3, 0.4) is 0 Å². The number of rotatable bonds is 3. The van der Waals surface area contributed by atoms with E-state index >= 15 is 0 Å². The molecule has 108 valence electrons. The van der Waals surface area contributed by atoms with E-state index in [9.17, 15) is 4.79 Å². The molecule has 0 saturated carbocycles. The highest BCUT2D eigenvalue weighted by atomic mass is 32.1.